The van der Waals surface area contributed by atoms with E-state index in [4.69, 9.17) is 9.72 Å². The molecular formula is C26H21N5O4. The van der Waals surface area contributed by atoms with Crippen LogP contribution in [-0.4, -0.2) is 27.9 Å². The fraction of sp³-hybridized carbons (Fsp3) is 0.115. The van der Waals surface area contributed by atoms with Gasteiger partial charge in [-0.25, -0.2) is 9.97 Å². The van der Waals surface area contributed by atoms with E-state index in [1.807, 2.05) is 30.5 Å². The number of ether oxygens (including phenoxy) is 1. The second-order valence-corrected chi connectivity index (χ2v) is 8.05. The summed E-state index contributed by atoms with van der Waals surface area (Å²) in [5.74, 6) is 0.962. The molecule has 9 nitrogen and oxygen atoms in total. The van der Waals surface area contributed by atoms with Crippen molar-refractivity contribution in [2.45, 2.75) is 12.8 Å². The molecule has 0 saturated heterocycles. The monoisotopic (exact) mass is 467 g/mol. The molecule has 0 unspecified atom stereocenters. The van der Waals surface area contributed by atoms with Crippen molar-refractivity contribution in [3.05, 3.63) is 99.7 Å². The van der Waals surface area contributed by atoms with Crippen LogP contribution in [0.1, 0.15) is 21.5 Å². The minimum atomic E-state index is -0.504. The van der Waals surface area contributed by atoms with Gasteiger partial charge >= 0.3 is 0 Å². The molecule has 1 aliphatic rings. The van der Waals surface area contributed by atoms with Crippen LogP contribution in [0.15, 0.2) is 72.9 Å². The van der Waals surface area contributed by atoms with Crippen LogP contribution in [0, 0.1) is 10.1 Å². The number of nitro benzene ring substituents is 1. The molecule has 4 aromatic rings. The van der Waals surface area contributed by atoms with Crippen molar-refractivity contribution in [1.82, 2.24) is 9.97 Å². The highest BCUT2D eigenvalue weighted by Crippen LogP contribution is 2.34. The number of rotatable bonds is 6. The molecule has 174 valence electrons. The molecule has 0 bridgehead atoms. The Morgan fingerprint density at radius 3 is 2.40 bits per heavy atom. The summed E-state index contributed by atoms with van der Waals surface area (Å²) in [6.45, 7) is 0. The Labute approximate surface area is 201 Å². The van der Waals surface area contributed by atoms with Crippen LogP contribution in [0.5, 0.6) is 5.75 Å². The maximum atomic E-state index is 12.4. The van der Waals surface area contributed by atoms with Gasteiger partial charge in [0.05, 0.1) is 17.7 Å². The highest BCUT2D eigenvalue weighted by atomic mass is 16.6. The van der Waals surface area contributed by atoms with E-state index in [1.54, 1.807) is 19.2 Å². The number of methoxy groups -OCH3 is 1. The molecule has 1 amide bonds. The maximum Gasteiger partial charge on any atom is 0.269 e. The number of aromatic nitrogens is 2. The molecule has 9 heteroatoms. The summed E-state index contributed by atoms with van der Waals surface area (Å²) in [6.07, 6.45) is 3.65. The molecule has 1 aliphatic carbocycles. The van der Waals surface area contributed by atoms with Crippen molar-refractivity contribution in [2.75, 3.05) is 17.7 Å². The van der Waals surface area contributed by atoms with Gasteiger partial charge in [0.25, 0.3) is 11.6 Å². The average Bonchev–Trinajstić information content (AvgIpc) is 2.89. The van der Waals surface area contributed by atoms with Crippen molar-refractivity contribution in [3.8, 4) is 17.0 Å². The van der Waals surface area contributed by atoms with Crippen LogP contribution < -0.4 is 15.4 Å². The van der Waals surface area contributed by atoms with Gasteiger partial charge in [-0.3, -0.25) is 14.9 Å². The number of nitrogens with one attached hydrogen (secondary N) is 2. The summed E-state index contributed by atoms with van der Waals surface area (Å²) in [7, 11) is 1.66. The van der Waals surface area contributed by atoms with Crippen molar-refractivity contribution >= 4 is 28.9 Å². The topological polar surface area (TPSA) is 119 Å². The molecule has 0 aliphatic heterocycles. The van der Waals surface area contributed by atoms with E-state index in [0.717, 1.165) is 41.1 Å². The number of non-ortho nitro benzene ring substituents is 1. The number of carbonyl (C=O) groups is 1. The highest BCUT2D eigenvalue weighted by molar-refractivity contribution is 6.04. The first-order chi connectivity index (χ1) is 17.0. The molecule has 0 fully saturated rings. The van der Waals surface area contributed by atoms with Crippen LogP contribution >= 0.6 is 0 Å². The standard InChI is InChI=1S/C26H21N5O4/c1-35-22-12-13-23-17(14-22)2-3-18-15-27-26(30-24(18)23)29-20-8-6-19(7-9-20)28-25(32)16-4-10-21(11-5-16)31(33)34/h4-15H,2-3H2,1H3,(H,28,32)(H,27,29,30). The van der Waals surface area contributed by atoms with Crippen LogP contribution in [0.2, 0.25) is 0 Å². The third kappa shape index (κ3) is 4.65. The van der Waals surface area contributed by atoms with Gasteiger partial charge in [0, 0.05) is 40.8 Å². The van der Waals surface area contributed by atoms with Crippen LogP contribution in [0.3, 0.4) is 0 Å². The summed E-state index contributed by atoms with van der Waals surface area (Å²) in [5, 5.41) is 16.8. The Balaban J connectivity index is 1.28. The lowest BCUT2D eigenvalue weighted by Crippen LogP contribution is -2.11. The molecule has 3 aromatic carbocycles. The van der Waals surface area contributed by atoms with Crippen LogP contribution in [0.25, 0.3) is 11.3 Å². The number of aryl methyl sites for hydroxylation is 2. The SMILES string of the molecule is COc1ccc2c(c1)CCc1cnc(Nc3ccc(NC(=O)c4ccc([N+](=O)[O-])cc4)cc3)nc1-2. The van der Waals surface area contributed by atoms with Gasteiger partial charge < -0.3 is 15.4 Å². The van der Waals surface area contributed by atoms with Gasteiger partial charge in [0.2, 0.25) is 5.95 Å². The molecule has 35 heavy (non-hydrogen) atoms. The van der Waals surface area contributed by atoms with Crippen molar-refractivity contribution in [1.29, 1.82) is 0 Å². The lowest BCUT2D eigenvalue weighted by Gasteiger charge is -2.20. The van der Waals surface area contributed by atoms with Gasteiger partial charge in [-0.15, -0.1) is 0 Å². The first kappa shape index (κ1) is 22.0. The zero-order valence-corrected chi connectivity index (χ0v) is 18.8. The normalized spacial score (nSPS) is 11.7. The van der Waals surface area contributed by atoms with Gasteiger partial charge in [-0.05, 0) is 78.6 Å². The zero-order chi connectivity index (χ0) is 24.4. The van der Waals surface area contributed by atoms with Gasteiger partial charge in [-0.2, -0.15) is 0 Å². The Hall–Kier alpha value is -4.79. The minimum Gasteiger partial charge on any atom is -0.497 e. The molecule has 1 aromatic heterocycles. The number of benzene rings is 3. The molecule has 0 atom stereocenters. The molecule has 5 rings (SSSR count). The summed E-state index contributed by atoms with van der Waals surface area (Å²) >= 11 is 0. The third-order valence-corrected chi connectivity index (χ3v) is 5.83. The quantitative estimate of drug-likeness (QED) is 0.297. The van der Waals surface area contributed by atoms with E-state index >= 15 is 0 Å². The minimum absolute atomic E-state index is 0.0652. The zero-order valence-electron chi connectivity index (χ0n) is 18.8. The number of anilines is 3. The number of fused-ring (bicyclic) bond motifs is 3. The molecule has 1 heterocycles. The maximum absolute atomic E-state index is 12.4. The number of nitrogens with zero attached hydrogens (tertiary/aromatic N) is 3. The summed E-state index contributed by atoms with van der Waals surface area (Å²) in [6, 6.07) is 18.6. The number of amides is 1. The predicted molar refractivity (Wildman–Crippen MR) is 132 cm³/mol. The van der Waals surface area contributed by atoms with E-state index in [2.05, 4.69) is 21.7 Å². The van der Waals surface area contributed by atoms with E-state index in [0.29, 0.717) is 17.2 Å². The fourth-order valence-corrected chi connectivity index (χ4v) is 3.99. The molecule has 0 radical (unpaired) electrons. The first-order valence-electron chi connectivity index (χ1n) is 11.0. The lowest BCUT2D eigenvalue weighted by molar-refractivity contribution is -0.384. The fourth-order valence-electron chi connectivity index (χ4n) is 3.99. The highest BCUT2D eigenvalue weighted by Gasteiger charge is 2.19. The summed E-state index contributed by atoms with van der Waals surface area (Å²) in [5.41, 5.74) is 5.94. The van der Waals surface area contributed by atoms with E-state index in [-0.39, 0.29) is 11.6 Å². The molecule has 0 saturated carbocycles. The lowest BCUT2D eigenvalue weighted by atomic mass is 9.90. The van der Waals surface area contributed by atoms with E-state index in [9.17, 15) is 14.9 Å². The number of nitro groups is 1. The second-order valence-electron chi connectivity index (χ2n) is 8.05. The number of carbonyl (C=O) groups excluding carboxylic acids is 1. The van der Waals surface area contributed by atoms with Crippen LogP contribution in [-0.2, 0) is 12.8 Å². The Bertz CT molecular complexity index is 1420. The van der Waals surface area contributed by atoms with Crippen molar-refractivity contribution in [3.63, 3.8) is 0 Å². The van der Waals surface area contributed by atoms with Crippen molar-refractivity contribution < 1.29 is 14.5 Å². The smallest absolute Gasteiger partial charge is 0.269 e. The van der Waals surface area contributed by atoms with Gasteiger partial charge in [0.1, 0.15) is 5.75 Å². The molecular weight excluding hydrogens is 446 g/mol. The number of hydrogen-bond donors (Lipinski definition) is 2. The summed E-state index contributed by atoms with van der Waals surface area (Å²) in [4.78, 5) is 31.9. The van der Waals surface area contributed by atoms with Crippen molar-refractivity contribution in [2.24, 2.45) is 0 Å². The number of hydrogen-bond acceptors (Lipinski definition) is 7. The van der Waals surface area contributed by atoms with Crippen LogP contribution in [0.4, 0.5) is 23.0 Å². The Morgan fingerprint density at radius 1 is 0.971 bits per heavy atom. The second kappa shape index (κ2) is 9.22. The summed E-state index contributed by atoms with van der Waals surface area (Å²) < 4.78 is 5.35. The molecule has 2 N–H and O–H groups in total. The average molecular weight is 467 g/mol. The third-order valence-electron chi connectivity index (χ3n) is 5.83. The first-order valence-corrected chi connectivity index (χ1v) is 11.0. The Kier molecular flexibility index (Phi) is 5.80. The Morgan fingerprint density at radius 2 is 1.69 bits per heavy atom. The largest absolute Gasteiger partial charge is 0.497 e. The molecule has 0 spiro atoms. The van der Waals surface area contributed by atoms with Gasteiger partial charge in [0.15, 0.2) is 0 Å². The van der Waals surface area contributed by atoms with E-state index < -0.39 is 4.92 Å². The van der Waals surface area contributed by atoms with E-state index in [1.165, 1.54) is 29.8 Å². The predicted octanol–water partition coefficient (Wildman–Crippen LogP) is 5.15. The van der Waals surface area contributed by atoms with Gasteiger partial charge in [-0.1, -0.05) is 0 Å².